The van der Waals surface area contributed by atoms with Gasteiger partial charge in [-0.15, -0.1) is 11.3 Å². The first-order chi connectivity index (χ1) is 9.65. The molecule has 0 fully saturated rings. The van der Waals surface area contributed by atoms with Gasteiger partial charge in [-0.3, -0.25) is 0 Å². The van der Waals surface area contributed by atoms with Gasteiger partial charge < -0.3 is 10.2 Å². The van der Waals surface area contributed by atoms with Crippen LogP contribution in [-0.2, 0) is 6.42 Å². The Hall–Kier alpha value is -0.750. The van der Waals surface area contributed by atoms with Gasteiger partial charge in [0.25, 0.3) is 0 Å². The minimum absolute atomic E-state index is 0.458. The van der Waals surface area contributed by atoms with Crippen LogP contribution in [0.2, 0.25) is 0 Å². The summed E-state index contributed by atoms with van der Waals surface area (Å²) in [6, 6.07) is 11.4. The molecule has 0 bridgehead atoms. The van der Waals surface area contributed by atoms with Gasteiger partial charge in [-0.1, -0.05) is 12.1 Å². The van der Waals surface area contributed by atoms with Gasteiger partial charge >= 0.3 is 0 Å². The predicted molar refractivity (Wildman–Crippen MR) is 97.1 cm³/mol. The fourth-order valence-electron chi connectivity index (χ4n) is 2.84. The number of rotatable bonds is 3. The van der Waals surface area contributed by atoms with Crippen LogP contribution in [-0.4, -0.2) is 14.1 Å². The molecule has 2 nitrogen and oxygen atoms in total. The highest BCUT2D eigenvalue weighted by Crippen LogP contribution is 2.39. The van der Waals surface area contributed by atoms with Crippen LogP contribution in [0.4, 0.5) is 11.4 Å². The molecule has 0 saturated heterocycles. The van der Waals surface area contributed by atoms with Crippen LogP contribution in [0.5, 0.6) is 0 Å². The van der Waals surface area contributed by atoms with E-state index in [4.69, 9.17) is 0 Å². The molecule has 0 aliphatic heterocycles. The van der Waals surface area contributed by atoms with E-state index in [1.807, 2.05) is 11.3 Å². The Bertz CT molecular complexity index is 606. The smallest absolute Gasteiger partial charge is 0.0660 e. The van der Waals surface area contributed by atoms with E-state index in [-0.39, 0.29) is 0 Å². The standard InChI is InChI=1S/C16H19IN2S/c1-19(2)14-8-4-3-6-13(14)18-12-7-5-9-15-11(12)10-16(17)20-15/h3-4,6,8,10,12,18H,5,7,9H2,1-2H3. The van der Waals surface area contributed by atoms with Crippen molar-refractivity contribution in [3.05, 3.63) is 43.7 Å². The maximum atomic E-state index is 3.76. The maximum absolute atomic E-state index is 3.76. The van der Waals surface area contributed by atoms with Gasteiger partial charge in [0.05, 0.1) is 20.3 Å². The van der Waals surface area contributed by atoms with Crippen molar-refractivity contribution in [2.75, 3.05) is 24.3 Å². The van der Waals surface area contributed by atoms with Crippen molar-refractivity contribution < 1.29 is 0 Å². The fraction of sp³-hybridized carbons (Fsp3) is 0.375. The van der Waals surface area contributed by atoms with Gasteiger partial charge in [0, 0.05) is 19.0 Å². The number of hydrogen-bond acceptors (Lipinski definition) is 3. The van der Waals surface area contributed by atoms with Gasteiger partial charge in [-0.2, -0.15) is 0 Å². The monoisotopic (exact) mass is 398 g/mol. The molecular weight excluding hydrogens is 379 g/mol. The number of benzene rings is 1. The van der Waals surface area contributed by atoms with Crippen LogP contribution < -0.4 is 10.2 Å². The molecule has 106 valence electrons. The number of para-hydroxylation sites is 2. The molecule has 2 aromatic rings. The van der Waals surface area contributed by atoms with Gasteiger partial charge in [0.2, 0.25) is 0 Å². The number of nitrogens with one attached hydrogen (secondary N) is 1. The van der Waals surface area contributed by atoms with E-state index in [0.717, 1.165) is 0 Å². The Balaban J connectivity index is 1.89. The Labute approximate surface area is 138 Å². The third kappa shape index (κ3) is 2.81. The van der Waals surface area contributed by atoms with Crippen LogP contribution in [0.1, 0.15) is 29.3 Å². The summed E-state index contributed by atoms with van der Waals surface area (Å²) in [5, 5.41) is 3.76. The summed E-state index contributed by atoms with van der Waals surface area (Å²) in [7, 11) is 4.20. The van der Waals surface area contributed by atoms with E-state index in [9.17, 15) is 0 Å². The largest absolute Gasteiger partial charge is 0.377 e. The van der Waals surface area contributed by atoms with E-state index in [1.54, 1.807) is 4.88 Å². The lowest BCUT2D eigenvalue weighted by Crippen LogP contribution is -2.18. The number of fused-ring (bicyclic) bond motifs is 1. The first-order valence-corrected chi connectivity index (χ1v) is 8.85. The van der Waals surface area contributed by atoms with Gasteiger partial charge in [0.15, 0.2) is 0 Å². The molecule has 1 aromatic heterocycles. The second-order valence-corrected chi connectivity index (χ2v) is 8.46. The number of anilines is 2. The van der Waals surface area contributed by atoms with Crippen LogP contribution in [0, 0.1) is 2.88 Å². The Morgan fingerprint density at radius 2 is 2.10 bits per heavy atom. The second kappa shape index (κ2) is 5.93. The summed E-state index contributed by atoms with van der Waals surface area (Å²) in [4.78, 5) is 3.74. The topological polar surface area (TPSA) is 15.3 Å². The molecule has 0 amide bonds. The molecule has 0 saturated carbocycles. The second-order valence-electron chi connectivity index (χ2n) is 5.43. The molecule has 0 radical (unpaired) electrons. The van der Waals surface area contributed by atoms with Crippen molar-refractivity contribution >= 4 is 45.3 Å². The van der Waals surface area contributed by atoms with Crippen molar-refractivity contribution in [1.82, 2.24) is 0 Å². The average Bonchev–Trinajstić information content (AvgIpc) is 2.80. The fourth-order valence-corrected chi connectivity index (χ4v) is 4.96. The minimum Gasteiger partial charge on any atom is -0.377 e. The summed E-state index contributed by atoms with van der Waals surface area (Å²) in [6.07, 6.45) is 3.75. The third-order valence-corrected chi connectivity index (χ3v) is 5.77. The normalized spacial score (nSPS) is 17.6. The van der Waals surface area contributed by atoms with E-state index in [0.29, 0.717) is 6.04 Å². The molecule has 3 rings (SSSR count). The quantitative estimate of drug-likeness (QED) is 0.740. The lowest BCUT2D eigenvalue weighted by atomic mass is 9.94. The first-order valence-electron chi connectivity index (χ1n) is 6.96. The third-order valence-electron chi connectivity index (χ3n) is 3.80. The van der Waals surface area contributed by atoms with Gasteiger partial charge in [-0.05, 0) is 65.6 Å². The maximum Gasteiger partial charge on any atom is 0.0660 e. The Kier molecular flexibility index (Phi) is 4.21. The summed E-state index contributed by atoms with van der Waals surface area (Å²) in [5.74, 6) is 0. The van der Waals surface area contributed by atoms with E-state index in [2.05, 4.69) is 77.2 Å². The summed E-state index contributed by atoms with van der Waals surface area (Å²) >= 11 is 4.39. The molecule has 1 N–H and O–H groups in total. The Morgan fingerprint density at radius 1 is 1.30 bits per heavy atom. The van der Waals surface area contributed by atoms with Crippen LogP contribution in [0.15, 0.2) is 30.3 Å². The van der Waals surface area contributed by atoms with E-state index < -0.39 is 0 Å². The molecular formula is C16H19IN2S. The number of hydrogen-bond donors (Lipinski definition) is 1. The van der Waals surface area contributed by atoms with Crippen molar-refractivity contribution in [2.24, 2.45) is 0 Å². The zero-order valence-corrected chi connectivity index (χ0v) is 14.8. The van der Waals surface area contributed by atoms with Gasteiger partial charge in [-0.25, -0.2) is 0 Å². The first kappa shape index (κ1) is 14.2. The molecule has 1 aliphatic rings. The lowest BCUT2D eigenvalue weighted by Gasteiger charge is -2.27. The van der Waals surface area contributed by atoms with Crippen LogP contribution in [0.25, 0.3) is 0 Å². The molecule has 1 unspecified atom stereocenters. The zero-order chi connectivity index (χ0) is 14.1. The van der Waals surface area contributed by atoms with Gasteiger partial charge in [0.1, 0.15) is 0 Å². The Morgan fingerprint density at radius 3 is 2.90 bits per heavy atom. The van der Waals surface area contributed by atoms with Crippen molar-refractivity contribution in [1.29, 1.82) is 0 Å². The predicted octanol–water partition coefficient (Wildman–Crippen LogP) is 4.91. The van der Waals surface area contributed by atoms with E-state index >= 15 is 0 Å². The van der Waals surface area contributed by atoms with Crippen molar-refractivity contribution in [3.8, 4) is 0 Å². The molecule has 1 atom stereocenters. The summed E-state index contributed by atoms with van der Waals surface area (Å²) in [6.45, 7) is 0. The molecule has 20 heavy (non-hydrogen) atoms. The number of nitrogens with zero attached hydrogens (tertiary/aromatic N) is 1. The molecule has 1 aliphatic carbocycles. The summed E-state index contributed by atoms with van der Waals surface area (Å²) < 4.78 is 1.40. The molecule has 4 heteroatoms. The number of halogens is 1. The number of thiophene rings is 1. The zero-order valence-electron chi connectivity index (χ0n) is 11.8. The molecule has 0 spiro atoms. The van der Waals surface area contributed by atoms with Crippen molar-refractivity contribution in [2.45, 2.75) is 25.3 Å². The van der Waals surface area contributed by atoms with Crippen LogP contribution >= 0.6 is 33.9 Å². The molecule has 1 heterocycles. The van der Waals surface area contributed by atoms with Crippen LogP contribution in [0.3, 0.4) is 0 Å². The highest BCUT2D eigenvalue weighted by molar-refractivity contribution is 14.1. The van der Waals surface area contributed by atoms with E-state index in [1.165, 1.54) is 39.1 Å². The highest BCUT2D eigenvalue weighted by Gasteiger charge is 2.23. The minimum atomic E-state index is 0.458. The number of aryl methyl sites for hydroxylation is 1. The summed E-state index contributed by atoms with van der Waals surface area (Å²) in [5.41, 5.74) is 4.00. The van der Waals surface area contributed by atoms with Crippen molar-refractivity contribution in [3.63, 3.8) is 0 Å². The molecule has 1 aromatic carbocycles. The lowest BCUT2D eigenvalue weighted by molar-refractivity contribution is 0.609. The average molecular weight is 398 g/mol. The SMILES string of the molecule is CN(C)c1ccccc1NC1CCCc2sc(I)cc21. The highest BCUT2D eigenvalue weighted by atomic mass is 127.